The average Bonchev–Trinajstić information content (AvgIpc) is 3.13. The van der Waals surface area contributed by atoms with Crippen LogP contribution in [0.2, 0.25) is 0 Å². The van der Waals surface area contributed by atoms with E-state index >= 15 is 0 Å². The zero-order chi connectivity index (χ0) is 18.6. The molecular weight excluding hydrogens is 356 g/mol. The number of methoxy groups -OCH3 is 1. The van der Waals surface area contributed by atoms with Gasteiger partial charge in [-0.25, -0.2) is 8.42 Å². The van der Waals surface area contributed by atoms with Gasteiger partial charge in [0.1, 0.15) is 12.3 Å². The van der Waals surface area contributed by atoms with Gasteiger partial charge in [-0.2, -0.15) is 9.40 Å². The number of nitrogens with one attached hydrogen (secondary N) is 1. The summed E-state index contributed by atoms with van der Waals surface area (Å²) in [4.78, 5) is 11.8. The monoisotopic (exact) mass is 378 g/mol. The Hall–Kier alpha value is -2.39. The van der Waals surface area contributed by atoms with Crippen molar-refractivity contribution >= 4 is 15.9 Å². The lowest BCUT2D eigenvalue weighted by Gasteiger charge is -2.28. The molecule has 0 saturated heterocycles. The fourth-order valence-electron chi connectivity index (χ4n) is 2.91. The van der Waals surface area contributed by atoms with E-state index in [0.29, 0.717) is 19.5 Å². The van der Waals surface area contributed by atoms with E-state index in [-0.39, 0.29) is 24.7 Å². The molecule has 1 aliphatic rings. The highest BCUT2D eigenvalue weighted by Gasteiger charge is 2.26. The van der Waals surface area contributed by atoms with Crippen molar-refractivity contribution in [2.24, 2.45) is 0 Å². The first-order valence-corrected chi connectivity index (χ1v) is 9.96. The molecule has 1 N–H and O–H groups in total. The normalized spacial score (nSPS) is 14.7. The van der Waals surface area contributed by atoms with E-state index < -0.39 is 10.0 Å². The van der Waals surface area contributed by atoms with Crippen LogP contribution in [0, 0.1) is 0 Å². The van der Waals surface area contributed by atoms with Gasteiger partial charge in [0.05, 0.1) is 12.9 Å². The van der Waals surface area contributed by atoms with E-state index in [2.05, 4.69) is 10.4 Å². The van der Waals surface area contributed by atoms with E-state index in [1.54, 1.807) is 25.6 Å². The summed E-state index contributed by atoms with van der Waals surface area (Å²) in [7, 11) is -1.82. The summed E-state index contributed by atoms with van der Waals surface area (Å²) < 4.78 is 33.3. The molecule has 0 aliphatic carbocycles. The molecule has 0 bridgehead atoms. The van der Waals surface area contributed by atoms with Gasteiger partial charge >= 0.3 is 0 Å². The first kappa shape index (κ1) is 18.4. The lowest BCUT2D eigenvalue weighted by molar-refractivity contribution is -0.121. The number of ether oxygens (including phenoxy) is 1. The topological polar surface area (TPSA) is 93.5 Å². The highest BCUT2D eigenvalue weighted by atomic mass is 32.2. The van der Waals surface area contributed by atoms with Gasteiger partial charge in [-0.1, -0.05) is 6.07 Å². The van der Waals surface area contributed by atoms with Crippen LogP contribution in [0.25, 0.3) is 0 Å². The fourth-order valence-corrected chi connectivity index (χ4v) is 4.24. The predicted molar refractivity (Wildman–Crippen MR) is 96.1 cm³/mol. The number of rotatable bonds is 7. The van der Waals surface area contributed by atoms with Gasteiger partial charge in [-0.3, -0.25) is 9.48 Å². The summed E-state index contributed by atoms with van der Waals surface area (Å²) in [6, 6.07) is 7.42. The third kappa shape index (κ3) is 4.41. The fraction of sp³-hybridized carbons (Fsp3) is 0.412. The summed E-state index contributed by atoms with van der Waals surface area (Å²) in [6.07, 6.45) is 3.91. The van der Waals surface area contributed by atoms with Crippen molar-refractivity contribution in [3.05, 3.63) is 47.8 Å². The smallest absolute Gasteiger partial charge is 0.241 e. The maximum absolute atomic E-state index is 12.5. The Bertz CT molecular complexity index is 865. The van der Waals surface area contributed by atoms with Gasteiger partial charge in [0.2, 0.25) is 15.9 Å². The van der Waals surface area contributed by atoms with Crippen LogP contribution in [0.4, 0.5) is 0 Å². The number of benzene rings is 1. The number of carbonyl (C=O) groups excluding carboxylic acids is 1. The lowest BCUT2D eigenvalue weighted by Crippen LogP contribution is -2.40. The van der Waals surface area contributed by atoms with Crippen LogP contribution in [0.3, 0.4) is 0 Å². The molecule has 8 nitrogen and oxygen atoms in total. The van der Waals surface area contributed by atoms with E-state index in [4.69, 9.17) is 4.74 Å². The van der Waals surface area contributed by atoms with Crippen LogP contribution in [0.5, 0.6) is 5.75 Å². The molecule has 0 atom stereocenters. The number of hydrogen-bond acceptors (Lipinski definition) is 5. The number of fused-ring (bicyclic) bond motifs is 1. The van der Waals surface area contributed by atoms with Gasteiger partial charge in [0.25, 0.3) is 0 Å². The lowest BCUT2D eigenvalue weighted by atomic mass is 10.0. The molecule has 0 spiro atoms. The summed E-state index contributed by atoms with van der Waals surface area (Å²) in [6.45, 7) is 0.938. The molecular formula is C17H22N4O4S. The second kappa shape index (κ2) is 7.88. The molecule has 9 heteroatoms. The van der Waals surface area contributed by atoms with Crippen molar-refractivity contribution < 1.29 is 17.9 Å². The molecule has 0 fully saturated rings. The Morgan fingerprint density at radius 3 is 2.92 bits per heavy atom. The molecule has 0 radical (unpaired) electrons. The summed E-state index contributed by atoms with van der Waals surface area (Å²) in [5.74, 6) is 0.392. The minimum atomic E-state index is -3.43. The van der Waals surface area contributed by atoms with Crippen LogP contribution in [-0.2, 0) is 34.3 Å². The number of hydrogen-bond donors (Lipinski definition) is 1. The van der Waals surface area contributed by atoms with Crippen LogP contribution >= 0.6 is 0 Å². The molecule has 2 heterocycles. The van der Waals surface area contributed by atoms with Crippen molar-refractivity contribution in [1.29, 1.82) is 0 Å². The first-order valence-electron chi connectivity index (χ1n) is 8.36. The molecule has 0 unspecified atom stereocenters. The number of carbonyl (C=O) groups is 1. The number of amides is 1. The zero-order valence-corrected chi connectivity index (χ0v) is 15.4. The molecule has 0 saturated carbocycles. The molecule has 1 aliphatic heterocycles. The number of nitrogens with zero attached hydrogens (tertiary/aromatic N) is 3. The summed E-state index contributed by atoms with van der Waals surface area (Å²) in [5.41, 5.74) is 2.10. The first-order chi connectivity index (χ1) is 12.5. The summed E-state index contributed by atoms with van der Waals surface area (Å²) in [5, 5.41) is 6.57. The number of aromatic nitrogens is 2. The van der Waals surface area contributed by atoms with Crippen LogP contribution in [0.1, 0.15) is 11.1 Å². The van der Waals surface area contributed by atoms with Crippen molar-refractivity contribution in [2.45, 2.75) is 19.5 Å². The third-order valence-electron chi connectivity index (χ3n) is 4.33. The number of sulfonamides is 1. The minimum absolute atomic E-state index is 0.0754. The van der Waals surface area contributed by atoms with Crippen molar-refractivity contribution in [3.8, 4) is 5.75 Å². The van der Waals surface area contributed by atoms with E-state index in [1.807, 2.05) is 18.2 Å². The Labute approximate surface area is 152 Å². The Morgan fingerprint density at radius 1 is 1.35 bits per heavy atom. The van der Waals surface area contributed by atoms with E-state index in [0.717, 1.165) is 16.9 Å². The second-order valence-electron chi connectivity index (χ2n) is 6.09. The van der Waals surface area contributed by atoms with E-state index in [9.17, 15) is 13.2 Å². The van der Waals surface area contributed by atoms with E-state index in [1.165, 1.54) is 8.99 Å². The Morgan fingerprint density at radius 2 is 2.19 bits per heavy atom. The van der Waals surface area contributed by atoms with Crippen molar-refractivity contribution in [1.82, 2.24) is 19.4 Å². The highest BCUT2D eigenvalue weighted by Crippen LogP contribution is 2.25. The molecule has 1 aromatic carbocycles. The van der Waals surface area contributed by atoms with Crippen LogP contribution in [0.15, 0.2) is 36.7 Å². The predicted octanol–water partition coefficient (Wildman–Crippen LogP) is 0.396. The second-order valence-corrected chi connectivity index (χ2v) is 8.18. The largest absolute Gasteiger partial charge is 0.497 e. The third-order valence-corrected chi connectivity index (χ3v) is 6.15. The zero-order valence-electron chi connectivity index (χ0n) is 14.6. The Kier molecular flexibility index (Phi) is 5.58. The maximum atomic E-state index is 12.5. The van der Waals surface area contributed by atoms with Crippen LogP contribution in [-0.4, -0.2) is 54.4 Å². The van der Waals surface area contributed by atoms with Gasteiger partial charge in [-0.05, 0) is 35.7 Å². The molecule has 3 rings (SSSR count). The Balaban J connectivity index is 1.52. The quantitative estimate of drug-likeness (QED) is 0.753. The van der Waals surface area contributed by atoms with Gasteiger partial charge in [0.15, 0.2) is 0 Å². The maximum Gasteiger partial charge on any atom is 0.241 e. The molecule has 140 valence electrons. The van der Waals surface area contributed by atoms with Gasteiger partial charge in [0, 0.05) is 32.0 Å². The van der Waals surface area contributed by atoms with Gasteiger partial charge < -0.3 is 10.1 Å². The van der Waals surface area contributed by atoms with Crippen molar-refractivity contribution in [3.63, 3.8) is 0 Å². The standard InChI is InChI=1S/C17H22N4O4S/c1-25-16-4-3-15-12-21(9-5-14(15)11-16)26(23,24)10-7-18-17(22)13-20-8-2-6-19-20/h2-4,6,8,11H,5,7,9-10,12-13H2,1H3,(H,18,22). The highest BCUT2D eigenvalue weighted by molar-refractivity contribution is 7.89. The summed E-state index contributed by atoms with van der Waals surface area (Å²) >= 11 is 0. The van der Waals surface area contributed by atoms with Crippen LogP contribution < -0.4 is 10.1 Å². The SMILES string of the molecule is COc1ccc2c(c1)CCN(S(=O)(=O)CCNC(=O)Cn1cccn1)C2. The molecule has 1 amide bonds. The molecule has 1 aromatic heterocycles. The molecule has 2 aromatic rings. The van der Waals surface area contributed by atoms with Crippen molar-refractivity contribution in [2.75, 3.05) is 26.0 Å². The molecule has 26 heavy (non-hydrogen) atoms. The van der Waals surface area contributed by atoms with Gasteiger partial charge in [-0.15, -0.1) is 0 Å². The minimum Gasteiger partial charge on any atom is -0.497 e. The average molecular weight is 378 g/mol.